The second kappa shape index (κ2) is 10.8. The van der Waals surface area contributed by atoms with Crippen LogP contribution in [0.4, 0.5) is 8.78 Å². The summed E-state index contributed by atoms with van der Waals surface area (Å²) in [6.45, 7) is 8.22. The standard InChI is InChI=1S/C23H30F2N2O/c1-4-18(15-17(3)27-13-7-6-8-14-27)22(5-2)26-23(28)12-9-19-16-20(24)10-11-21(19)25/h4,9-12,15-16,22H,5-8,13-14H2,1-3H3,(H,26,28)/b12-9+,17-15+,18-4+. The molecule has 0 aliphatic carbocycles. The minimum Gasteiger partial charge on any atom is -0.375 e. The summed E-state index contributed by atoms with van der Waals surface area (Å²) in [4.78, 5) is 14.7. The van der Waals surface area contributed by atoms with E-state index in [0.29, 0.717) is 0 Å². The topological polar surface area (TPSA) is 32.3 Å². The number of amides is 1. The molecule has 1 saturated heterocycles. The fourth-order valence-electron chi connectivity index (χ4n) is 3.41. The molecule has 1 aromatic rings. The Labute approximate surface area is 166 Å². The van der Waals surface area contributed by atoms with Gasteiger partial charge < -0.3 is 10.2 Å². The number of nitrogens with zero attached hydrogens (tertiary/aromatic N) is 1. The van der Waals surface area contributed by atoms with Gasteiger partial charge in [0.1, 0.15) is 11.6 Å². The van der Waals surface area contributed by atoms with Crippen LogP contribution in [-0.4, -0.2) is 29.9 Å². The predicted octanol–water partition coefficient (Wildman–Crippen LogP) is 5.21. The number of piperidine rings is 1. The van der Waals surface area contributed by atoms with Crippen LogP contribution >= 0.6 is 0 Å². The van der Waals surface area contributed by atoms with Gasteiger partial charge in [-0.15, -0.1) is 0 Å². The lowest BCUT2D eigenvalue weighted by atomic mass is 10.0. The van der Waals surface area contributed by atoms with Crippen LogP contribution in [0.25, 0.3) is 6.08 Å². The Morgan fingerprint density at radius 2 is 1.96 bits per heavy atom. The lowest BCUT2D eigenvalue weighted by Gasteiger charge is -2.30. The highest BCUT2D eigenvalue weighted by Gasteiger charge is 2.15. The average molecular weight is 389 g/mol. The van der Waals surface area contributed by atoms with Crippen molar-refractivity contribution in [3.63, 3.8) is 0 Å². The van der Waals surface area contributed by atoms with Crippen molar-refractivity contribution in [2.75, 3.05) is 13.1 Å². The maximum Gasteiger partial charge on any atom is 0.244 e. The zero-order valence-corrected chi connectivity index (χ0v) is 17.0. The van der Waals surface area contributed by atoms with Gasteiger partial charge >= 0.3 is 0 Å². The highest BCUT2D eigenvalue weighted by molar-refractivity contribution is 5.92. The van der Waals surface area contributed by atoms with Crippen LogP contribution in [0.1, 0.15) is 52.0 Å². The van der Waals surface area contributed by atoms with Crippen LogP contribution in [-0.2, 0) is 4.79 Å². The van der Waals surface area contributed by atoms with Crippen LogP contribution < -0.4 is 5.32 Å². The first-order valence-corrected chi connectivity index (χ1v) is 9.97. The second-order valence-corrected chi connectivity index (χ2v) is 7.09. The molecule has 0 radical (unpaired) electrons. The summed E-state index contributed by atoms with van der Waals surface area (Å²) in [6.07, 6.45) is 11.1. The molecule has 2 rings (SSSR count). The van der Waals surface area contributed by atoms with Crippen LogP contribution in [0, 0.1) is 11.6 Å². The fraction of sp³-hybridized carbons (Fsp3) is 0.435. The lowest BCUT2D eigenvalue weighted by molar-refractivity contribution is -0.116. The van der Waals surface area contributed by atoms with E-state index in [9.17, 15) is 13.6 Å². The Bertz CT molecular complexity index is 762. The molecule has 1 aromatic carbocycles. The molecule has 1 atom stereocenters. The molecule has 152 valence electrons. The highest BCUT2D eigenvalue weighted by Crippen LogP contribution is 2.18. The second-order valence-electron chi connectivity index (χ2n) is 7.09. The summed E-state index contributed by atoms with van der Waals surface area (Å²) >= 11 is 0. The summed E-state index contributed by atoms with van der Waals surface area (Å²) < 4.78 is 26.9. The molecule has 1 aliphatic heterocycles. The van der Waals surface area contributed by atoms with Crippen molar-refractivity contribution >= 4 is 12.0 Å². The van der Waals surface area contributed by atoms with Crippen LogP contribution in [0.15, 0.2) is 47.7 Å². The van der Waals surface area contributed by atoms with E-state index in [1.807, 2.05) is 19.9 Å². The molecule has 1 amide bonds. The molecule has 28 heavy (non-hydrogen) atoms. The van der Waals surface area contributed by atoms with Gasteiger partial charge in [0.15, 0.2) is 0 Å². The maximum atomic E-state index is 13.7. The molecule has 0 aromatic heterocycles. The molecule has 1 heterocycles. The first-order valence-electron chi connectivity index (χ1n) is 9.97. The Balaban J connectivity index is 2.05. The zero-order chi connectivity index (χ0) is 20.5. The van der Waals surface area contributed by atoms with Gasteiger partial charge in [-0.05, 0) is 75.5 Å². The van der Waals surface area contributed by atoms with Crippen LogP contribution in [0.3, 0.4) is 0 Å². The van der Waals surface area contributed by atoms with Crippen molar-refractivity contribution in [1.82, 2.24) is 10.2 Å². The largest absolute Gasteiger partial charge is 0.375 e. The zero-order valence-electron chi connectivity index (χ0n) is 17.0. The molecule has 3 nitrogen and oxygen atoms in total. The summed E-state index contributed by atoms with van der Waals surface area (Å²) in [5.41, 5.74) is 2.30. The smallest absolute Gasteiger partial charge is 0.244 e. The van der Waals surface area contributed by atoms with Gasteiger partial charge in [-0.3, -0.25) is 4.79 Å². The third-order valence-electron chi connectivity index (χ3n) is 5.06. The van der Waals surface area contributed by atoms with E-state index >= 15 is 0 Å². The van der Waals surface area contributed by atoms with Crippen LogP contribution in [0.5, 0.6) is 0 Å². The minimum atomic E-state index is -0.563. The van der Waals surface area contributed by atoms with Gasteiger partial charge in [0.2, 0.25) is 5.91 Å². The van der Waals surface area contributed by atoms with E-state index in [2.05, 4.69) is 23.2 Å². The number of nitrogens with one attached hydrogen (secondary N) is 1. The van der Waals surface area contributed by atoms with Crippen molar-refractivity contribution in [1.29, 1.82) is 0 Å². The number of likely N-dealkylation sites (tertiary alicyclic amines) is 1. The summed E-state index contributed by atoms with van der Waals surface area (Å²) in [5, 5.41) is 2.96. The van der Waals surface area contributed by atoms with Gasteiger partial charge in [-0.25, -0.2) is 8.78 Å². The van der Waals surface area contributed by atoms with Crippen molar-refractivity contribution < 1.29 is 13.6 Å². The van der Waals surface area contributed by atoms with Crippen molar-refractivity contribution in [2.24, 2.45) is 0 Å². The SMILES string of the molecule is C/C=C(\C=C(/C)N1CCCCC1)C(CC)NC(=O)/C=C/c1cc(F)ccc1F. The number of carbonyl (C=O) groups is 1. The number of halogens is 2. The molecule has 1 fully saturated rings. The summed E-state index contributed by atoms with van der Waals surface area (Å²) in [6, 6.07) is 3.03. The first kappa shape index (κ1) is 21.9. The average Bonchev–Trinajstić information content (AvgIpc) is 2.71. The van der Waals surface area contributed by atoms with E-state index in [1.165, 1.54) is 37.1 Å². The van der Waals surface area contributed by atoms with Gasteiger partial charge in [-0.1, -0.05) is 13.0 Å². The Morgan fingerprint density at radius 1 is 1.25 bits per heavy atom. The number of carbonyl (C=O) groups excluding carboxylic acids is 1. The van der Waals surface area contributed by atoms with Gasteiger partial charge in [0, 0.05) is 30.4 Å². The third-order valence-corrected chi connectivity index (χ3v) is 5.06. The summed E-state index contributed by atoms with van der Waals surface area (Å²) in [7, 11) is 0. The Hall–Kier alpha value is -2.43. The number of allylic oxidation sites excluding steroid dienone is 2. The normalized spacial score (nSPS) is 17.1. The lowest BCUT2D eigenvalue weighted by Crippen LogP contribution is -2.35. The van der Waals surface area contributed by atoms with Gasteiger partial charge in [0.25, 0.3) is 0 Å². The predicted molar refractivity (Wildman–Crippen MR) is 111 cm³/mol. The molecule has 0 spiro atoms. The van der Waals surface area contributed by atoms with Crippen LogP contribution in [0.2, 0.25) is 0 Å². The van der Waals surface area contributed by atoms with E-state index < -0.39 is 11.6 Å². The molecule has 5 heteroatoms. The summed E-state index contributed by atoms with van der Waals surface area (Å²) in [5.74, 6) is -1.44. The Kier molecular flexibility index (Phi) is 8.42. The van der Waals surface area contributed by atoms with Gasteiger partial charge in [-0.2, -0.15) is 0 Å². The number of rotatable bonds is 7. The number of benzene rings is 1. The quantitative estimate of drug-likeness (QED) is 0.514. The maximum absolute atomic E-state index is 13.7. The van der Waals surface area contributed by atoms with E-state index in [1.54, 1.807) is 0 Å². The minimum absolute atomic E-state index is 0.0512. The fourth-order valence-corrected chi connectivity index (χ4v) is 3.41. The molecule has 0 saturated carbocycles. The third kappa shape index (κ3) is 6.32. The van der Waals surface area contributed by atoms with Crippen molar-refractivity contribution in [3.8, 4) is 0 Å². The molecular weight excluding hydrogens is 358 g/mol. The molecular formula is C23H30F2N2O. The number of hydrogen-bond acceptors (Lipinski definition) is 2. The molecule has 1 unspecified atom stereocenters. The van der Waals surface area contributed by atoms with E-state index in [0.717, 1.165) is 43.3 Å². The first-order chi connectivity index (χ1) is 13.4. The molecule has 0 bridgehead atoms. The van der Waals surface area contributed by atoms with Gasteiger partial charge in [0.05, 0.1) is 6.04 Å². The molecule has 1 N–H and O–H groups in total. The monoisotopic (exact) mass is 388 g/mol. The number of hydrogen-bond donors (Lipinski definition) is 1. The molecule has 1 aliphatic rings. The van der Waals surface area contributed by atoms with E-state index in [4.69, 9.17) is 0 Å². The van der Waals surface area contributed by atoms with E-state index in [-0.39, 0.29) is 17.5 Å². The Morgan fingerprint density at radius 3 is 2.61 bits per heavy atom. The van der Waals surface area contributed by atoms with Crippen molar-refractivity contribution in [2.45, 2.75) is 52.5 Å². The van der Waals surface area contributed by atoms with Crippen molar-refractivity contribution in [3.05, 3.63) is 64.9 Å². The highest BCUT2D eigenvalue weighted by atomic mass is 19.1.